The van der Waals surface area contributed by atoms with Gasteiger partial charge in [-0.25, -0.2) is 13.2 Å². The van der Waals surface area contributed by atoms with Crippen molar-refractivity contribution >= 4 is 9.76 Å². The second-order valence-corrected chi connectivity index (χ2v) is 2.74. The van der Waals surface area contributed by atoms with Gasteiger partial charge >= 0.3 is 0 Å². The maximum absolute atomic E-state index is 12.0. The lowest BCUT2D eigenvalue weighted by atomic mass is 10.3. The number of rotatable bonds is 3. The van der Waals surface area contributed by atoms with E-state index in [0.29, 0.717) is 0 Å². The first-order valence-corrected chi connectivity index (χ1v) is 4.18. The van der Waals surface area contributed by atoms with Crippen LogP contribution in [0.5, 0.6) is 0 Å². The molecule has 0 bridgehead atoms. The summed E-state index contributed by atoms with van der Waals surface area (Å²) < 4.78 is 35.8. The van der Waals surface area contributed by atoms with Crippen molar-refractivity contribution in [2.45, 2.75) is 25.1 Å². The zero-order valence-electron chi connectivity index (χ0n) is 5.03. The van der Waals surface area contributed by atoms with Crippen LogP contribution in [0.15, 0.2) is 0 Å². The first kappa shape index (κ1) is 8.97. The summed E-state index contributed by atoms with van der Waals surface area (Å²) in [5.41, 5.74) is 0. The Balaban J connectivity index is 3.70. The molecular weight excluding hydrogens is 149 g/mol. The lowest BCUT2D eigenvalue weighted by molar-refractivity contribution is -0.0484. The van der Waals surface area contributed by atoms with Crippen molar-refractivity contribution < 1.29 is 18.0 Å². The molecule has 1 nitrogen and oxygen atoms in total. The standard InChI is InChI=1S/C4H8F3OSi/c1-3(5)4(6,7)2-9-8/h3H,2,9H2,1H3. The van der Waals surface area contributed by atoms with E-state index in [1.165, 1.54) is 0 Å². The van der Waals surface area contributed by atoms with Crippen LogP contribution in [0.4, 0.5) is 13.2 Å². The third-order valence-corrected chi connectivity index (χ3v) is 1.89. The van der Waals surface area contributed by atoms with Crippen LogP contribution in [-0.4, -0.2) is 21.9 Å². The van der Waals surface area contributed by atoms with Gasteiger partial charge in [0, 0.05) is 6.04 Å². The minimum Gasteiger partial charge on any atom is -0.306 e. The summed E-state index contributed by atoms with van der Waals surface area (Å²) in [6, 6.07) is -0.773. The summed E-state index contributed by atoms with van der Waals surface area (Å²) in [5.74, 6) is -3.37. The number of alkyl halides is 3. The van der Waals surface area contributed by atoms with Crippen molar-refractivity contribution in [3.8, 4) is 0 Å². The highest BCUT2D eigenvalue weighted by atomic mass is 28.2. The van der Waals surface area contributed by atoms with Crippen LogP contribution in [0.1, 0.15) is 6.92 Å². The Morgan fingerprint density at radius 3 is 2.22 bits per heavy atom. The number of hydrogen-bond donors (Lipinski definition) is 0. The second-order valence-electron chi connectivity index (χ2n) is 1.83. The van der Waals surface area contributed by atoms with Gasteiger partial charge in [0.05, 0.1) is 0 Å². The van der Waals surface area contributed by atoms with Gasteiger partial charge in [-0.05, 0) is 6.92 Å². The van der Waals surface area contributed by atoms with Gasteiger partial charge in [-0.2, -0.15) is 0 Å². The van der Waals surface area contributed by atoms with Crippen molar-refractivity contribution in [2.75, 3.05) is 0 Å². The van der Waals surface area contributed by atoms with Crippen molar-refractivity contribution in [2.24, 2.45) is 0 Å². The fraction of sp³-hybridized carbons (Fsp3) is 1.00. The van der Waals surface area contributed by atoms with Gasteiger partial charge in [-0.3, -0.25) is 0 Å². The predicted molar refractivity (Wildman–Crippen MR) is 29.6 cm³/mol. The topological polar surface area (TPSA) is 19.9 Å². The van der Waals surface area contributed by atoms with E-state index in [-0.39, 0.29) is 0 Å². The van der Waals surface area contributed by atoms with Gasteiger partial charge in [0.1, 0.15) is 0 Å². The van der Waals surface area contributed by atoms with Crippen molar-refractivity contribution in [1.82, 2.24) is 0 Å². The third-order valence-electron chi connectivity index (χ3n) is 1.02. The van der Waals surface area contributed by atoms with Crippen molar-refractivity contribution in [3.63, 3.8) is 0 Å². The average molecular weight is 157 g/mol. The Morgan fingerprint density at radius 2 is 2.11 bits per heavy atom. The molecule has 0 heterocycles. The fourth-order valence-corrected chi connectivity index (χ4v) is 1.00. The molecule has 0 amide bonds. The lowest BCUT2D eigenvalue weighted by Crippen LogP contribution is -2.28. The smallest absolute Gasteiger partial charge is 0.277 e. The van der Waals surface area contributed by atoms with Gasteiger partial charge in [0.25, 0.3) is 5.92 Å². The molecule has 1 atom stereocenters. The molecule has 1 unspecified atom stereocenters. The van der Waals surface area contributed by atoms with Crippen LogP contribution < -0.4 is 0 Å². The van der Waals surface area contributed by atoms with E-state index in [1.54, 1.807) is 0 Å². The zero-order chi connectivity index (χ0) is 7.49. The molecule has 0 aromatic rings. The number of hydrogen-bond acceptors (Lipinski definition) is 0. The summed E-state index contributed by atoms with van der Waals surface area (Å²) >= 11 is 0. The van der Waals surface area contributed by atoms with E-state index >= 15 is 0 Å². The van der Waals surface area contributed by atoms with Crippen LogP contribution >= 0.6 is 0 Å². The maximum Gasteiger partial charge on any atom is 0.277 e. The van der Waals surface area contributed by atoms with E-state index in [0.717, 1.165) is 6.92 Å². The van der Waals surface area contributed by atoms with E-state index in [2.05, 4.69) is 0 Å². The Hall–Kier alpha value is -0.0331. The average Bonchev–Trinajstić information content (AvgIpc) is 1.65. The number of halogens is 3. The molecule has 0 aliphatic carbocycles. The van der Waals surface area contributed by atoms with Crippen molar-refractivity contribution in [1.29, 1.82) is 0 Å². The SMILES string of the molecule is CC(F)C(F)(F)C[SiH2][O]. The lowest BCUT2D eigenvalue weighted by Gasteiger charge is -2.14. The van der Waals surface area contributed by atoms with Gasteiger partial charge in [-0.1, -0.05) is 0 Å². The summed E-state index contributed by atoms with van der Waals surface area (Å²) in [4.78, 5) is 9.74. The summed E-state index contributed by atoms with van der Waals surface area (Å²) in [6.07, 6.45) is -2.18. The van der Waals surface area contributed by atoms with Crippen LogP contribution in [-0.2, 0) is 4.80 Å². The Bertz CT molecular complexity index is 85.9. The molecule has 9 heavy (non-hydrogen) atoms. The van der Waals surface area contributed by atoms with Crippen LogP contribution in [0, 0.1) is 0 Å². The second kappa shape index (κ2) is 3.22. The van der Waals surface area contributed by atoms with E-state index < -0.39 is 27.9 Å². The maximum atomic E-state index is 12.0. The Kier molecular flexibility index (Phi) is 3.20. The molecule has 0 aromatic heterocycles. The fourth-order valence-electron chi connectivity index (χ4n) is 0.335. The Morgan fingerprint density at radius 1 is 1.67 bits per heavy atom. The highest BCUT2D eigenvalue weighted by Gasteiger charge is 2.36. The highest BCUT2D eigenvalue weighted by molar-refractivity contribution is 6.25. The molecule has 0 aromatic carbocycles. The molecule has 0 saturated heterocycles. The predicted octanol–water partition coefficient (Wildman–Crippen LogP) is 0.912. The van der Waals surface area contributed by atoms with Gasteiger partial charge in [0.15, 0.2) is 6.17 Å². The molecule has 0 N–H and O–H groups in total. The van der Waals surface area contributed by atoms with Crippen LogP contribution in [0.2, 0.25) is 6.04 Å². The molecular formula is C4H8F3OSi. The molecule has 0 aliphatic heterocycles. The van der Waals surface area contributed by atoms with E-state index in [1.807, 2.05) is 0 Å². The molecule has 0 rings (SSSR count). The first-order valence-electron chi connectivity index (χ1n) is 2.60. The molecule has 5 heteroatoms. The van der Waals surface area contributed by atoms with Crippen LogP contribution in [0.3, 0.4) is 0 Å². The third kappa shape index (κ3) is 2.86. The zero-order valence-corrected chi connectivity index (χ0v) is 6.45. The van der Waals surface area contributed by atoms with Gasteiger partial charge in [-0.15, -0.1) is 0 Å². The van der Waals surface area contributed by atoms with Crippen LogP contribution in [0.25, 0.3) is 0 Å². The monoisotopic (exact) mass is 157 g/mol. The molecule has 0 aliphatic rings. The minimum absolute atomic E-state index is 0.768. The van der Waals surface area contributed by atoms with Gasteiger partial charge < -0.3 is 4.80 Å². The summed E-state index contributed by atoms with van der Waals surface area (Å²) in [7, 11) is -1.97. The molecule has 0 fully saturated rings. The highest BCUT2D eigenvalue weighted by Crippen LogP contribution is 2.24. The largest absolute Gasteiger partial charge is 0.306 e. The molecule has 0 spiro atoms. The summed E-state index contributed by atoms with van der Waals surface area (Å²) in [6.45, 7) is 0.768. The minimum atomic E-state index is -3.37. The first-order chi connectivity index (χ1) is 4.00. The molecule has 0 saturated carbocycles. The molecule has 1 radical (unpaired) electrons. The van der Waals surface area contributed by atoms with E-state index in [4.69, 9.17) is 0 Å². The quantitative estimate of drug-likeness (QED) is 0.543. The Labute approximate surface area is 53.8 Å². The molecule has 55 valence electrons. The van der Waals surface area contributed by atoms with E-state index in [9.17, 15) is 18.0 Å². The summed E-state index contributed by atoms with van der Waals surface area (Å²) in [5, 5.41) is 0. The van der Waals surface area contributed by atoms with Crippen molar-refractivity contribution in [3.05, 3.63) is 0 Å². The normalized spacial score (nSPS) is 17.0. The van der Waals surface area contributed by atoms with Gasteiger partial charge in [0.2, 0.25) is 9.76 Å².